The Labute approximate surface area is 117 Å². The molecule has 0 saturated carbocycles. The van der Waals surface area contributed by atoms with Crippen molar-refractivity contribution in [3.63, 3.8) is 0 Å². The molecule has 1 aromatic carbocycles. The fourth-order valence-electron chi connectivity index (χ4n) is 2.56. The van der Waals surface area contributed by atoms with Gasteiger partial charge in [-0.25, -0.2) is 4.39 Å². The van der Waals surface area contributed by atoms with Crippen LogP contribution in [0.15, 0.2) is 36.7 Å². The molecule has 1 atom stereocenters. The minimum absolute atomic E-state index is 0.310. The molecule has 1 aliphatic rings. The molecule has 1 saturated heterocycles. The van der Waals surface area contributed by atoms with Crippen LogP contribution in [0.25, 0.3) is 0 Å². The molecule has 0 bridgehead atoms. The SMILES string of the molecule is Cc1cnn(C2CN(C[C@@H](O)c3cccc(F)c3)C2)c1. The fourth-order valence-corrected chi connectivity index (χ4v) is 2.56. The maximum atomic E-state index is 13.1. The van der Waals surface area contributed by atoms with Gasteiger partial charge in [0.25, 0.3) is 0 Å². The van der Waals surface area contributed by atoms with E-state index in [1.165, 1.54) is 12.1 Å². The first kappa shape index (κ1) is 13.3. The maximum absolute atomic E-state index is 13.1. The number of likely N-dealkylation sites (tertiary alicyclic amines) is 1. The largest absolute Gasteiger partial charge is 0.387 e. The van der Waals surface area contributed by atoms with Crippen LogP contribution in [0, 0.1) is 12.7 Å². The number of rotatable bonds is 4. The van der Waals surface area contributed by atoms with Crippen LogP contribution in [0.1, 0.15) is 23.3 Å². The lowest BCUT2D eigenvalue weighted by Gasteiger charge is -2.40. The van der Waals surface area contributed by atoms with Crippen molar-refractivity contribution < 1.29 is 9.50 Å². The van der Waals surface area contributed by atoms with Gasteiger partial charge in [-0.15, -0.1) is 0 Å². The second-order valence-electron chi connectivity index (χ2n) is 5.44. The van der Waals surface area contributed by atoms with Crippen molar-refractivity contribution in [1.29, 1.82) is 0 Å². The van der Waals surface area contributed by atoms with E-state index < -0.39 is 6.10 Å². The van der Waals surface area contributed by atoms with E-state index in [-0.39, 0.29) is 5.82 Å². The average molecular weight is 275 g/mol. The van der Waals surface area contributed by atoms with Gasteiger partial charge in [0, 0.05) is 25.8 Å². The van der Waals surface area contributed by atoms with Crippen molar-refractivity contribution >= 4 is 0 Å². The molecule has 2 heterocycles. The number of hydrogen-bond donors (Lipinski definition) is 1. The van der Waals surface area contributed by atoms with Gasteiger partial charge in [-0.3, -0.25) is 9.58 Å². The van der Waals surface area contributed by atoms with E-state index in [2.05, 4.69) is 10.00 Å². The molecule has 20 heavy (non-hydrogen) atoms. The Kier molecular flexibility index (Phi) is 3.54. The first-order chi connectivity index (χ1) is 9.61. The number of halogens is 1. The van der Waals surface area contributed by atoms with Crippen LogP contribution >= 0.6 is 0 Å². The molecular formula is C15H18FN3O. The lowest BCUT2D eigenvalue weighted by atomic mass is 10.0. The van der Waals surface area contributed by atoms with Crippen LogP contribution in [0.2, 0.25) is 0 Å². The maximum Gasteiger partial charge on any atom is 0.123 e. The van der Waals surface area contributed by atoms with Crippen LogP contribution in [0.5, 0.6) is 0 Å². The third kappa shape index (κ3) is 2.73. The van der Waals surface area contributed by atoms with E-state index in [4.69, 9.17) is 0 Å². The molecule has 0 aliphatic carbocycles. The molecule has 0 unspecified atom stereocenters. The summed E-state index contributed by atoms with van der Waals surface area (Å²) in [6.45, 7) is 4.29. The Bertz CT molecular complexity index is 592. The van der Waals surface area contributed by atoms with Gasteiger partial charge in [0.15, 0.2) is 0 Å². The van der Waals surface area contributed by atoms with Crippen molar-refractivity contribution in [2.24, 2.45) is 0 Å². The number of aliphatic hydroxyl groups excluding tert-OH is 1. The van der Waals surface area contributed by atoms with Crippen molar-refractivity contribution in [1.82, 2.24) is 14.7 Å². The van der Waals surface area contributed by atoms with E-state index >= 15 is 0 Å². The summed E-state index contributed by atoms with van der Waals surface area (Å²) in [6.07, 6.45) is 3.24. The highest BCUT2D eigenvalue weighted by molar-refractivity contribution is 5.19. The number of benzene rings is 1. The minimum atomic E-state index is -0.647. The van der Waals surface area contributed by atoms with Crippen LogP contribution in [0.3, 0.4) is 0 Å². The van der Waals surface area contributed by atoms with Crippen LogP contribution in [-0.4, -0.2) is 39.4 Å². The summed E-state index contributed by atoms with van der Waals surface area (Å²) in [6, 6.07) is 6.53. The summed E-state index contributed by atoms with van der Waals surface area (Å²) >= 11 is 0. The van der Waals surface area contributed by atoms with Crippen molar-refractivity contribution in [3.05, 3.63) is 53.6 Å². The second-order valence-corrected chi connectivity index (χ2v) is 5.44. The summed E-state index contributed by atoms with van der Waals surface area (Å²) in [4.78, 5) is 2.15. The number of β-amino-alcohol motifs (C(OH)–C–C–N with tert-alkyl or cyclic N) is 1. The smallest absolute Gasteiger partial charge is 0.123 e. The minimum Gasteiger partial charge on any atom is -0.387 e. The average Bonchev–Trinajstić information content (AvgIpc) is 2.79. The summed E-state index contributed by atoms with van der Waals surface area (Å²) in [7, 11) is 0. The predicted octanol–water partition coefficient (Wildman–Crippen LogP) is 1.92. The Balaban J connectivity index is 1.53. The Morgan fingerprint density at radius 1 is 1.45 bits per heavy atom. The summed E-state index contributed by atoms with van der Waals surface area (Å²) in [5.74, 6) is -0.310. The summed E-state index contributed by atoms with van der Waals surface area (Å²) in [5.41, 5.74) is 1.78. The van der Waals surface area contributed by atoms with E-state index in [1.54, 1.807) is 12.1 Å². The molecule has 106 valence electrons. The van der Waals surface area contributed by atoms with Crippen molar-refractivity contribution in [2.45, 2.75) is 19.1 Å². The molecular weight excluding hydrogens is 257 g/mol. The van der Waals surface area contributed by atoms with Crippen LogP contribution < -0.4 is 0 Å². The highest BCUT2D eigenvalue weighted by Gasteiger charge is 2.30. The quantitative estimate of drug-likeness (QED) is 0.927. The Morgan fingerprint density at radius 3 is 2.90 bits per heavy atom. The third-order valence-electron chi connectivity index (χ3n) is 3.71. The van der Waals surface area contributed by atoms with Gasteiger partial charge in [-0.05, 0) is 30.2 Å². The second kappa shape index (κ2) is 5.34. The van der Waals surface area contributed by atoms with E-state index in [0.717, 1.165) is 18.7 Å². The molecule has 1 aliphatic heterocycles. The Hall–Kier alpha value is -1.72. The van der Waals surface area contributed by atoms with Gasteiger partial charge in [0.1, 0.15) is 5.82 Å². The van der Waals surface area contributed by atoms with Crippen LogP contribution in [0.4, 0.5) is 4.39 Å². The lowest BCUT2D eigenvalue weighted by Crippen LogP contribution is -2.49. The molecule has 4 nitrogen and oxygen atoms in total. The normalized spacial score (nSPS) is 17.9. The van der Waals surface area contributed by atoms with Crippen molar-refractivity contribution in [2.75, 3.05) is 19.6 Å². The lowest BCUT2D eigenvalue weighted by molar-refractivity contribution is 0.0400. The number of aryl methyl sites for hydroxylation is 1. The highest BCUT2D eigenvalue weighted by atomic mass is 19.1. The van der Waals surface area contributed by atoms with Gasteiger partial charge in [0.05, 0.1) is 18.3 Å². The molecule has 1 fully saturated rings. The molecule has 2 aromatic rings. The molecule has 1 aromatic heterocycles. The number of aliphatic hydroxyl groups is 1. The van der Waals surface area contributed by atoms with Gasteiger partial charge in [-0.1, -0.05) is 12.1 Å². The van der Waals surface area contributed by atoms with E-state index in [1.807, 2.05) is 24.0 Å². The predicted molar refractivity (Wildman–Crippen MR) is 73.8 cm³/mol. The van der Waals surface area contributed by atoms with Crippen molar-refractivity contribution in [3.8, 4) is 0 Å². The molecule has 3 rings (SSSR count). The first-order valence-electron chi connectivity index (χ1n) is 6.78. The fraction of sp³-hybridized carbons (Fsp3) is 0.400. The zero-order chi connectivity index (χ0) is 14.1. The van der Waals surface area contributed by atoms with Crippen LogP contribution in [-0.2, 0) is 0 Å². The number of hydrogen-bond acceptors (Lipinski definition) is 3. The third-order valence-corrected chi connectivity index (χ3v) is 3.71. The van der Waals surface area contributed by atoms with Gasteiger partial charge >= 0.3 is 0 Å². The zero-order valence-corrected chi connectivity index (χ0v) is 11.4. The van der Waals surface area contributed by atoms with Gasteiger partial charge < -0.3 is 5.11 Å². The molecule has 0 radical (unpaired) electrons. The molecule has 0 spiro atoms. The molecule has 5 heteroatoms. The molecule has 0 amide bonds. The summed E-state index contributed by atoms with van der Waals surface area (Å²) < 4.78 is 15.1. The monoisotopic (exact) mass is 275 g/mol. The topological polar surface area (TPSA) is 41.3 Å². The zero-order valence-electron chi connectivity index (χ0n) is 11.4. The highest BCUT2D eigenvalue weighted by Crippen LogP contribution is 2.24. The number of aromatic nitrogens is 2. The van der Waals surface area contributed by atoms with Gasteiger partial charge in [-0.2, -0.15) is 5.10 Å². The molecule has 1 N–H and O–H groups in total. The number of nitrogens with zero attached hydrogens (tertiary/aromatic N) is 3. The Morgan fingerprint density at radius 2 is 2.25 bits per heavy atom. The first-order valence-corrected chi connectivity index (χ1v) is 6.78. The van der Waals surface area contributed by atoms with E-state index in [0.29, 0.717) is 18.2 Å². The van der Waals surface area contributed by atoms with Gasteiger partial charge in [0.2, 0.25) is 0 Å². The van der Waals surface area contributed by atoms with E-state index in [9.17, 15) is 9.50 Å². The summed E-state index contributed by atoms with van der Waals surface area (Å²) in [5, 5.41) is 14.4. The standard InChI is InChI=1S/C15H18FN3O/c1-11-6-17-19(7-11)14-8-18(9-14)10-15(20)12-3-2-4-13(16)5-12/h2-7,14-15,20H,8-10H2,1H3/t15-/m1/s1.